The summed E-state index contributed by atoms with van der Waals surface area (Å²) in [7, 11) is 2.24. The Hall–Kier alpha value is -0.860. The van der Waals surface area contributed by atoms with Crippen LogP contribution in [0.3, 0.4) is 0 Å². The van der Waals surface area contributed by atoms with Gasteiger partial charge in [-0.15, -0.1) is 0 Å². The number of piperidine rings is 1. The minimum absolute atomic E-state index is 0.674. The highest BCUT2D eigenvalue weighted by Crippen LogP contribution is 2.20. The van der Waals surface area contributed by atoms with Gasteiger partial charge in [0.15, 0.2) is 0 Å². The highest BCUT2D eigenvalue weighted by atomic mass is 15.1. The van der Waals surface area contributed by atoms with Crippen molar-refractivity contribution in [2.45, 2.75) is 25.8 Å². The molecular weight excluding hydrogens is 208 g/mol. The number of hydrogen-bond acceptors (Lipinski definition) is 2. The fraction of sp³-hybridized carbons (Fsp3) is 0.600. The summed E-state index contributed by atoms with van der Waals surface area (Å²) < 4.78 is 0. The molecule has 1 N–H and O–H groups in total. The third-order valence-electron chi connectivity index (χ3n) is 3.58. The molecule has 17 heavy (non-hydrogen) atoms. The quantitative estimate of drug-likeness (QED) is 0.856. The molecule has 1 aliphatic rings. The molecule has 1 heterocycles. The van der Waals surface area contributed by atoms with E-state index in [0.29, 0.717) is 6.04 Å². The van der Waals surface area contributed by atoms with Gasteiger partial charge >= 0.3 is 0 Å². The van der Waals surface area contributed by atoms with Crippen LogP contribution in [0.5, 0.6) is 0 Å². The third-order valence-corrected chi connectivity index (χ3v) is 3.58. The minimum Gasteiger partial charge on any atom is -0.313 e. The summed E-state index contributed by atoms with van der Waals surface area (Å²) in [5, 5.41) is 3.59. The number of hydrogen-bond donors (Lipinski definition) is 1. The van der Waals surface area contributed by atoms with Crippen LogP contribution in [0.4, 0.5) is 0 Å². The summed E-state index contributed by atoms with van der Waals surface area (Å²) in [6.07, 6.45) is 2.53. The Morgan fingerprint density at radius 3 is 2.71 bits per heavy atom. The smallest absolute Gasteiger partial charge is 0.0198 e. The number of benzene rings is 1. The first-order valence-corrected chi connectivity index (χ1v) is 6.73. The molecule has 1 aromatic rings. The number of nitrogens with one attached hydrogen (secondary N) is 1. The molecule has 2 nitrogen and oxygen atoms in total. The largest absolute Gasteiger partial charge is 0.313 e. The van der Waals surface area contributed by atoms with Gasteiger partial charge in [-0.1, -0.05) is 37.3 Å². The average Bonchev–Trinajstić information content (AvgIpc) is 2.30. The van der Waals surface area contributed by atoms with Gasteiger partial charge in [-0.2, -0.15) is 0 Å². The molecule has 1 aliphatic heterocycles. The van der Waals surface area contributed by atoms with Crippen LogP contribution in [0.15, 0.2) is 30.3 Å². The molecule has 2 unspecified atom stereocenters. The van der Waals surface area contributed by atoms with Gasteiger partial charge in [0.25, 0.3) is 0 Å². The number of rotatable bonds is 4. The SMILES string of the molecule is CCNC1CC(Cc2ccccc2)CN(C)C1. The predicted octanol–water partition coefficient (Wildman–Crippen LogP) is 2.16. The lowest BCUT2D eigenvalue weighted by Crippen LogP contribution is -2.48. The van der Waals surface area contributed by atoms with Crippen LogP contribution in [0.2, 0.25) is 0 Å². The summed E-state index contributed by atoms with van der Waals surface area (Å²) in [5.74, 6) is 0.792. The summed E-state index contributed by atoms with van der Waals surface area (Å²) in [4.78, 5) is 2.46. The standard InChI is InChI=1S/C15H24N2/c1-3-16-15-10-14(11-17(2)12-15)9-13-7-5-4-6-8-13/h4-8,14-16H,3,9-12H2,1-2H3. The van der Waals surface area contributed by atoms with Gasteiger partial charge in [-0.05, 0) is 37.9 Å². The van der Waals surface area contributed by atoms with Crippen LogP contribution in [0, 0.1) is 5.92 Å². The number of nitrogens with zero attached hydrogens (tertiary/aromatic N) is 1. The van der Waals surface area contributed by atoms with Crippen LogP contribution in [-0.4, -0.2) is 37.6 Å². The topological polar surface area (TPSA) is 15.3 Å². The second-order valence-corrected chi connectivity index (χ2v) is 5.27. The molecule has 0 aliphatic carbocycles. The molecule has 2 heteroatoms. The van der Waals surface area contributed by atoms with Crippen molar-refractivity contribution in [2.75, 3.05) is 26.7 Å². The van der Waals surface area contributed by atoms with Crippen molar-refractivity contribution in [3.05, 3.63) is 35.9 Å². The average molecular weight is 232 g/mol. The normalized spacial score (nSPS) is 26.0. The van der Waals surface area contributed by atoms with Gasteiger partial charge in [0.1, 0.15) is 0 Å². The zero-order valence-corrected chi connectivity index (χ0v) is 11.0. The molecule has 0 aromatic heterocycles. The molecule has 0 saturated carbocycles. The van der Waals surface area contributed by atoms with Gasteiger partial charge in [-0.25, -0.2) is 0 Å². The van der Waals surface area contributed by atoms with Crippen LogP contribution < -0.4 is 5.32 Å². The first-order chi connectivity index (χ1) is 8.28. The van der Waals surface area contributed by atoms with Gasteiger partial charge in [0, 0.05) is 19.1 Å². The maximum Gasteiger partial charge on any atom is 0.0198 e. The molecule has 94 valence electrons. The first-order valence-electron chi connectivity index (χ1n) is 6.73. The van der Waals surface area contributed by atoms with E-state index in [2.05, 4.69) is 54.5 Å². The van der Waals surface area contributed by atoms with Gasteiger partial charge in [0.05, 0.1) is 0 Å². The minimum atomic E-state index is 0.674. The Kier molecular flexibility index (Phi) is 4.57. The van der Waals surface area contributed by atoms with Crippen LogP contribution >= 0.6 is 0 Å². The molecule has 1 fully saturated rings. The maximum absolute atomic E-state index is 3.59. The molecule has 0 spiro atoms. The molecule has 2 rings (SSSR count). The summed E-state index contributed by atoms with van der Waals surface area (Å²) in [5.41, 5.74) is 1.48. The van der Waals surface area contributed by atoms with E-state index in [1.54, 1.807) is 0 Å². The van der Waals surface area contributed by atoms with E-state index < -0.39 is 0 Å². The highest BCUT2D eigenvalue weighted by molar-refractivity contribution is 5.15. The number of likely N-dealkylation sites (tertiary alicyclic amines) is 1. The van der Waals surface area contributed by atoms with Crippen molar-refractivity contribution in [3.63, 3.8) is 0 Å². The van der Waals surface area contributed by atoms with Crippen molar-refractivity contribution in [3.8, 4) is 0 Å². The van der Waals surface area contributed by atoms with Crippen molar-refractivity contribution >= 4 is 0 Å². The van der Waals surface area contributed by atoms with Crippen LogP contribution in [0.25, 0.3) is 0 Å². The second kappa shape index (κ2) is 6.18. The second-order valence-electron chi connectivity index (χ2n) is 5.27. The Morgan fingerprint density at radius 2 is 2.00 bits per heavy atom. The summed E-state index contributed by atoms with van der Waals surface area (Å²) in [6, 6.07) is 11.5. The zero-order chi connectivity index (χ0) is 12.1. The van der Waals surface area contributed by atoms with Crippen molar-refractivity contribution in [1.29, 1.82) is 0 Å². The molecule has 0 radical (unpaired) electrons. The van der Waals surface area contributed by atoms with Crippen molar-refractivity contribution in [2.24, 2.45) is 5.92 Å². The fourth-order valence-corrected chi connectivity index (χ4v) is 2.97. The monoisotopic (exact) mass is 232 g/mol. The predicted molar refractivity (Wildman–Crippen MR) is 73.2 cm³/mol. The molecule has 1 aromatic carbocycles. The summed E-state index contributed by atoms with van der Waals surface area (Å²) >= 11 is 0. The first kappa shape index (κ1) is 12.6. The lowest BCUT2D eigenvalue weighted by Gasteiger charge is -2.36. The van der Waals surface area contributed by atoms with Gasteiger partial charge in [0.2, 0.25) is 0 Å². The maximum atomic E-state index is 3.59. The van der Waals surface area contributed by atoms with Gasteiger partial charge in [-0.3, -0.25) is 0 Å². The highest BCUT2D eigenvalue weighted by Gasteiger charge is 2.24. The van der Waals surface area contributed by atoms with E-state index >= 15 is 0 Å². The van der Waals surface area contributed by atoms with Crippen molar-refractivity contribution in [1.82, 2.24) is 10.2 Å². The summed E-state index contributed by atoms with van der Waals surface area (Å²) in [6.45, 7) is 5.70. The lowest BCUT2D eigenvalue weighted by atomic mass is 9.89. The number of likely N-dealkylation sites (N-methyl/N-ethyl adjacent to an activating group) is 2. The van der Waals surface area contributed by atoms with Crippen LogP contribution in [0.1, 0.15) is 18.9 Å². The fourth-order valence-electron chi connectivity index (χ4n) is 2.97. The van der Waals surface area contributed by atoms with Crippen LogP contribution in [-0.2, 0) is 6.42 Å². The molecule has 0 bridgehead atoms. The molecule has 1 saturated heterocycles. The van der Waals surface area contributed by atoms with E-state index in [1.165, 1.54) is 31.5 Å². The van der Waals surface area contributed by atoms with Crippen molar-refractivity contribution < 1.29 is 0 Å². The zero-order valence-electron chi connectivity index (χ0n) is 11.0. The van der Waals surface area contributed by atoms with Gasteiger partial charge < -0.3 is 10.2 Å². The third kappa shape index (κ3) is 3.83. The van der Waals surface area contributed by atoms with E-state index in [-0.39, 0.29) is 0 Å². The Balaban J connectivity index is 1.92. The molecule has 2 atom stereocenters. The lowest BCUT2D eigenvalue weighted by molar-refractivity contribution is 0.170. The molecule has 0 amide bonds. The van der Waals surface area contributed by atoms with E-state index in [9.17, 15) is 0 Å². The Bertz CT molecular complexity index is 323. The van der Waals surface area contributed by atoms with E-state index in [1.807, 2.05) is 0 Å². The van der Waals surface area contributed by atoms with E-state index in [4.69, 9.17) is 0 Å². The molecular formula is C15H24N2. The Morgan fingerprint density at radius 1 is 1.24 bits per heavy atom. The Labute approximate surface area is 105 Å². The van der Waals surface area contributed by atoms with E-state index in [0.717, 1.165) is 12.5 Å².